The fourth-order valence-electron chi connectivity index (χ4n) is 3.56. The van der Waals surface area contributed by atoms with Crippen molar-refractivity contribution in [2.45, 2.75) is 26.2 Å². The molecule has 3 aromatic carbocycles. The van der Waals surface area contributed by atoms with Crippen LogP contribution in [0.3, 0.4) is 0 Å². The van der Waals surface area contributed by atoms with Crippen molar-refractivity contribution in [3.63, 3.8) is 0 Å². The number of hydrogen-bond donors (Lipinski definition) is 2. The number of aromatic nitrogens is 1. The molecule has 1 aromatic heterocycles. The Morgan fingerprint density at radius 1 is 0.973 bits per heavy atom. The SMILES string of the molecule is COc1c(F)c(F)c(C(=O)NC(=S)Nc2ccc3oc(-c4ccc(C(C)(C)C)cc4)nc3c2)c(F)c1F. The van der Waals surface area contributed by atoms with Gasteiger partial charge in [-0.25, -0.2) is 13.8 Å². The number of methoxy groups -OCH3 is 1. The molecule has 0 aliphatic heterocycles. The molecule has 192 valence electrons. The van der Waals surface area contributed by atoms with E-state index in [0.717, 1.165) is 18.2 Å². The molecule has 0 atom stereocenters. The predicted molar refractivity (Wildman–Crippen MR) is 135 cm³/mol. The Balaban J connectivity index is 1.51. The van der Waals surface area contributed by atoms with E-state index in [1.54, 1.807) is 18.2 Å². The van der Waals surface area contributed by atoms with E-state index in [2.05, 4.69) is 35.8 Å². The molecular weight excluding hydrogens is 510 g/mol. The maximum Gasteiger partial charge on any atom is 0.263 e. The van der Waals surface area contributed by atoms with Crippen LogP contribution in [0.5, 0.6) is 5.75 Å². The predicted octanol–water partition coefficient (Wildman–Crippen LogP) is 6.48. The molecule has 0 radical (unpaired) electrons. The number of hydrogen-bond acceptors (Lipinski definition) is 5. The number of rotatable bonds is 4. The smallest absolute Gasteiger partial charge is 0.263 e. The Hall–Kier alpha value is -3.99. The van der Waals surface area contributed by atoms with Crippen molar-refractivity contribution < 1.29 is 31.5 Å². The van der Waals surface area contributed by atoms with Crippen molar-refractivity contribution in [3.8, 4) is 17.2 Å². The monoisotopic (exact) mass is 531 g/mol. The van der Waals surface area contributed by atoms with Crippen LogP contribution in [0.2, 0.25) is 0 Å². The van der Waals surface area contributed by atoms with E-state index in [1.807, 2.05) is 29.6 Å². The van der Waals surface area contributed by atoms with Crippen molar-refractivity contribution in [1.82, 2.24) is 10.3 Å². The number of nitrogens with zero attached hydrogens (tertiary/aromatic N) is 1. The molecule has 0 saturated heterocycles. The molecular formula is C26H21F4N3O3S. The number of thiocarbonyl (C=S) groups is 1. The number of ether oxygens (including phenoxy) is 1. The molecule has 37 heavy (non-hydrogen) atoms. The molecule has 0 aliphatic rings. The summed E-state index contributed by atoms with van der Waals surface area (Å²) in [5.74, 6) is -9.88. The lowest BCUT2D eigenvalue weighted by Crippen LogP contribution is -2.35. The molecule has 1 amide bonds. The zero-order chi connectivity index (χ0) is 27.1. The van der Waals surface area contributed by atoms with Crippen LogP contribution in [0.15, 0.2) is 46.9 Å². The van der Waals surface area contributed by atoms with Crippen molar-refractivity contribution in [3.05, 3.63) is 76.9 Å². The number of oxazole rings is 1. The second-order valence-electron chi connectivity index (χ2n) is 9.10. The van der Waals surface area contributed by atoms with Gasteiger partial charge in [0.2, 0.25) is 17.5 Å². The number of carbonyl (C=O) groups is 1. The lowest BCUT2D eigenvalue weighted by atomic mass is 9.87. The number of amides is 1. The fourth-order valence-corrected chi connectivity index (χ4v) is 3.77. The number of carbonyl (C=O) groups excluding carboxylic acids is 1. The molecule has 1 heterocycles. The van der Waals surface area contributed by atoms with Gasteiger partial charge in [-0.3, -0.25) is 10.1 Å². The molecule has 0 bridgehead atoms. The quantitative estimate of drug-likeness (QED) is 0.178. The fraction of sp³-hybridized carbons (Fsp3) is 0.192. The third-order valence-corrected chi connectivity index (χ3v) is 5.73. The largest absolute Gasteiger partial charge is 0.491 e. The van der Waals surface area contributed by atoms with Gasteiger partial charge in [0.15, 0.2) is 28.1 Å². The third-order valence-electron chi connectivity index (χ3n) is 5.52. The molecule has 0 spiro atoms. The first-order chi connectivity index (χ1) is 17.4. The average Bonchev–Trinajstić information content (AvgIpc) is 3.26. The number of fused-ring (bicyclic) bond motifs is 1. The summed E-state index contributed by atoms with van der Waals surface area (Å²) >= 11 is 5.02. The van der Waals surface area contributed by atoms with E-state index in [1.165, 1.54) is 0 Å². The van der Waals surface area contributed by atoms with Gasteiger partial charge in [0.1, 0.15) is 11.1 Å². The molecule has 0 unspecified atom stereocenters. The zero-order valence-electron chi connectivity index (χ0n) is 20.1. The summed E-state index contributed by atoms with van der Waals surface area (Å²) in [6, 6.07) is 12.6. The van der Waals surface area contributed by atoms with Gasteiger partial charge in [0.05, 0.1) is 7.11 Å². The van der Waals surface area contributed by atoms with Crippen molar-refractivity contribution in [1.29, 1.82) is 0 Å². The first kappa shape index (κ1) is 26.1. The van der Waals surface area contributed by atoms with Gasteiger partial charge < -0.3 is 14.5 Å². The summed E-state index contributed by atoms with van der Waals surface area (Å²) in [5.41, 5.74) is 1.80. The minimum Gasteiger partial charge on any atom is -0.491 e. The van der Waals surface area contributed by atoms with Gasteiger partial charge in [-0.15, -0.1) is 0 Å². The van der Waals surface area contributed by atoms with Crippen LogP contribution < -0.4 is 15.4 Å². The van der Waals surface area contributed by atoms with Gasteiger partial charge in [0.25, 0.3) is 5.91 Å². The van der Waals surface area contributed by atoms with E-state index in [4.69, 9.17) is 16.6 Å². The normalized spacial score (nSPS) is 11.5. The van der Waals surface area contributed by atoms with E-state index in [9.17, 15) is 22.4 Å². The molecule has 2 N–H and O–H groups in total. The Bertz CT molecular complexity index is 1500. The summed E-state index contributed by atoms with van der Waals surface area (Å²) in [5, 5.41) is 4.28. The van der Waals surface area contributed by atoms with Gasteiger partial charge in [-0.1, -0.05) is 32.9 Å². The maximum absolute atomic E-state index is 14.2. The Morgan fingerprint density at radius 3 is 2.16 bits per heavy atom. The Kier molecular flexibility index (Phi) is 6.92. The number of benzene rings is 3. The van der Waals surface area contributed by atoms with Crippen LogP contribution in [0, 0.1) is 23.3 Å². The Morgan fingerprint density at radius 2 is 1.59 bits per heavy atom. The van der Waals surface area contributed by atoms with Gasteiger partial charge in [-0.2, -0.15) is 8.78 Å². The van der Waals surface area contributed by atoms with Crippen LogP contribution in [0.1, 0.15) is 36.7 Å². The lowest BCUT2D eigenvalue weighted by molar-refractivity contribution is 0.0966. The zero-order valence-corrected chi connectivity index (χ0v) is 21.0. The molecule has 11 heteroatoms. The second kappa shape index (κ2) is 9.81. The van der Waals surface area contributed by atoms with Gasteiger partial charge in [0, 0.05) is 11.3 Å². The molecule has 4 aromatic rings. The van der Waals surface area contributed by atoms with Gasteiger partial charge >= 0.3 is 0 Å². The maximum atomic E-state index is 14.2. The molecule has 6 nitrogen and oxygen atoms in total. The summed E-state index contributed by atoms with van der Waals surface area (Å²) < 4.78 is 66.4. The highest BCUT2D eigenvalue weighted by Crippen LogP contribution is 2.31. The van der Waals surface area contributed by atoms with E-state index in [0.29, 0.717) is 22.7 Å². The average molecular weight is 532 g/mol. The highest BCUT2D eigenvalue weighted by molar-refractivity contribution is 7.80. The van der Waals surface area contributed by atoms with Crippen molar-refractivity contribution >= 4 is 40.0 Å². The lowest BCUT2D eigenvalue weighted by Gasteiger charge is -2.18. The van der Waals surface area contributed by atoms with Crippen LogP contribution in [-0.4, -0.2) is 23.1 Å². The summed E-state index contributed by atoms with van der Waals surface area (Å²) in [6.07, 6.45) is 0. The third kappa shape index (κ3) is 5.12. The topological polar surface area (TPSA) is 76.4 Å². The first-order valence-corrected chi connectivity index (χ1v) is 11.3. The van der Waals surface area contributed by atoms with E-state index >= 15 is 0 Å². The molecule has 0 fully saturated rings. The molecule has 4 rings (SSSR count). The summed E-state index contributed by atoms with van der Waals surface area (Å²) in [7, 11) is 0.830. The first-order valence-electron chi connectivity index (χ1n) is 10.9. The Labute approximate surface area is 214 Å². The standard InChI is InChI=1S/C26H21F4N3O3S/c1-26(2,3)13-7-5-12(6-8-13)24-32-15-11-14(9-10-16(15)36-24)31-25(37)33-23(34)17-18(27)20(29)22(35-4)21(30)19(17)28/h5-11H,1-4H3,(H2,31,33,34,37). The minimum absolute atomic E-state index is 0.00147. The van der Waals surface area contributed by atoms with Gasteiger partial charge in [-0.05, 0) is 53.5 Å². The van der Waals surface area contributed by atoms with Crippen molar-refractivity contribution in [2.24, 2.45) is 0 Å². The van der Waals surface area contributed by atoms with E-state index in [-0.39, 0.29) is 10.5 Å². The van der Waals surface area contributed by atoms with Crippen LogP contribution in [0.4, 0.5) is 23.2 Å². The summed E-state index contributed by atoms with van der Waals surface area (Å²) in [6.45, 7) is 6.34. The summed E-state index contributed by atoms with van der Waals surface area (Å²) in [4.78, 5) is 16.8. The minimum atomic E-state index is -1.91. The molecule has 0 saturated carbocycles. The molecule has 0 aliphatic carbocycles. The van der Waals surface area contributed by atoms with E-state index < -0.39 is 40.5 Å². The number of halogens is 4. The highest BCUT2D eigenvalue weighted by atomic mass is 32.1. The number of nitrogens with one attached hydrogen (secondary N) is 2. The highest BCUT2D eigenvalue weighted by Gasteiger charge is 2.30. The van der Waals surface area contributed by atoms with Crippen LogP contribution >= 0.6 is 12.2 Å². The number of anilines is 1. The van der Waals surface area contributed by atoms with Crippen LogP contribution in [0.25, 0.3) is 22.6 Å². The van der Waals surface area contributed by atoms with Crippen molar-refractivity contribution in [2.75, 3.05) is 12.4 Å². The second-order valence-corrected chi connectivity index (χ2v) is 9.51. The van der Waals surface area contributed by atoms with Crippen LogP contribution in [-0.2, 0) is 5.41 Å².